The summed E-state index contributed by atoms with van der Waals surface area (Å²) in [5.41, 5.74) is 0.656. The fourth-order valence-electron chi connectivity index (χ4n) is 1.57. The number of carboxylic acids is 1. The second-order valence-electron chi connectivity index (χ2n) is 4.09. The number of aryl methyl sites for hydroxylation is 1. The highest BCUT2D eigenvalue weighted by Gasteiger charge is 2.12. The fraction of sp³-hybridized carbons (Fsp3) is 0.250. The maximum absolute atomic E-state index is 11.0. The molecule has 0 aromatic carbocycles. The summed E-state index contributed by atoms with van der Waals surface area (Å²) in [6.07, 6.45) is 0. The summed E-state index contributed by atoms with van der Waals surface area (Å²) >= 11 is 5.03. The lowest BCUT2D eigenvalue weighted by Crippen LogP contribution is -2.20. The van der Waals surface area contributed by atoms with Gasteiger partial charge < -0.3 is 10.0 Å². The summed E-state index contributed by atoms with van der Waals surface area (Å²) in [6.45, 7) is 2.39. The Hall–Kier alpha value is -1.47. The number of anilines is 1. The van der Waals surface area contributed by atoms with Gasteiger partial charge in [-0.15, -0.1) is 11.3 Å². The summed E-state index contributed by atoms with van der Waals surface area (Å²) in [5.74, 6) is -0.624. The van der Waals surface area contributed by atoms with E-state index in [4.69, 9.17) is 5.11 Å². The first-order valence-electron chi connectivity index (χ1n) is 5.48. The van der Waals surface area contributed by atoms with Crippen molar-refractivity contribution in [3.8, 4) is 0 Å². The van der Waals surface area contributed by atoms with Gasteiger partial charge in [-0.05, 0) is 35.0 Å². The first-order valence-corrected chi connectivity index (χ1v) is 7.16. The van der Waals surface area contributed by atoms with Crippen molar-refractivity contribution in [2.24, 2.45) is 0 Å². The molecule has 7 heteroatoms. The Kier molecular flexibility index (Phi) is 4.16. The minimum Gasteiger partial charge on any atom is -0.477 e. The normalized spacial score (nSPS) is 10.5. The Morgan fingerprint density at radius 3 is 2.79 bits per heavy atom. The van der Waals surface area contributed by atoms with Gasteiger partial charge in [0.05, 0.1) is 6.54 Å². The van der Waals surface area contributed by atoms with Crippen molar-refractivity contribution in [2.45, 2.75) is 13.5 Å². The molecular weight excluding hydrogens is 330 g/mol. The second kappa shape index (κ2) is 5.66. The molecule has 0 saturated heterocycles. The number of aromatic nitrogens is 2. The Bertz CT molecular complexity index is 615. The summed E-state index contributed by atoms with van der Waals surface area (Å²) in [6, 6.07) is 3.48. The topological polar surface area (TPSA) is 66.3 Å². The number of halogens is 1. The smallest absolute Gasteiger partial charge is 0.354 e. The van der Waals surface area contributed by atoms with Crippen molar-refractivity contribution in [1.29, 1.82) is 0 Å². The van der Waals surface area contributed by atoms with Crippen LogP contribution in [0.3, 0.4) is 0 Å². The maximum Gasteiger partial charge on any atom is 0.354 e. The van der Waals surface area contributed by atoms with Crippen molar-refractivity contribution in [1.82, 2.24) is 9.97 Å². The zero-order valence-electron chi connectivity index (χ0n) is 10.4. The summed E-state index contributed by atoms with van der Waals surface area (Å²) in [5, 5.41) is 11.0. The molecule has 0 aliphatic carbocycles. The Labute approximate surface area is 123 Å². The van der Waals surface area contributed by atoms with Crippen LogP contribution in [0.1, 0.15) is 21.1 Å². The van der Waals surface area contributed by atoms with Crippen LogP contribution >= 0.6 is 27.3 Å². The molecule has 0 amide bonds. The molecule has 5 nitrogen and oxygen atoms in total. The molecule has 19 heavy (non-hydrogen) atoms. The lowest BCUT2D eigenvalue weighted by Gasteiger charge is -2.16. The molecule has 2 aromatic rings. The van der Waals surface area contributed by atoms with E-state index < -0.39 is 5.97 Å². The molecule has 100 valence electrons. The summed E-state index contributed by atoms with van der Waals surface area (Å²) < 4.78 is 1.04. The van der Waals surface area contributed by atoms with Crippen LogP contribution in [-0.2, 0) is 6.54 Å². The van der Waals surface area contributed by atoms with Crippen molar-refractivity contribution in [3.63, 3.8) is 0 Å². The number of aromatic carboxylic acids is 1. The van der Waals surface area contributed by atoms with Crippen LogP contribution in [0.2, 0.25) is 0 Å². The van der Waals surface area contributed by atoms with Gasteiger partial charge in [0.2, 0.25) is 5.95 Å². The van der Waals surface area contributed by atoms with Crippen LogP contribution in [0.15, 0.2) is 22.0 Å². The number of hydrogen-bond acceptors (Lipinski definition) is 5. The van der Waals surface area contributed by atoms with E-state index in [1.807, 2.05) is 23.4 Å². The molecule has 0 aliphatic rings. The Balaban J connectivity index is 2.23. The van der Waals surface area contributed by atoms with Gasteiger partial charge in [0.25, 0.3) is 0 Å². The van der Waals surface area contributed by atoms with Gasteiger partial charge in [0, 0.05) is 27.5 Å². The van der Waals surface area contributed by atoms with Crippen LogP contribution in [0.25, 0.3) is 0 Å². The molecule has 0 aliphatic heterocycles. The lowest BCUT2D eigenvalue weighted by molar-refractivity contribution is 0.0690. The minimum atomic E-state index is -1.04. The van der Waals surface area contributed by atoms with E-state index in [0.717, 1.165) is 9.35 Å². The highest BCUT2D eigenvalue weighted by Crippen LogP contribution is 2.22. The van der Waals surface area contributed by atoms with E-state index in [2.05, 4.69) is 25.9 Å². The fourth-order valence-corrected chi connectivity index (χ4v) is 3.08. The van der Waals surface area contributed by atoms with Gasteiger partial charge in [-0.2, -0.15) is 0 Å². The Morgan fingerprint density at radius 2 is 2.21 bits per heavy atom. The average molecular weight is 342 g/mol. The van der Waals surface area contributed by atoms with Crippen LogP contribution in [0.5, 0.6) is 0 Å². The molecule has 1 N–H and O–H groups in total. The molecule has 0 fully saturated rings. The number of hydrogen-bond donors (Lipinski definition) is 1. The highest BCUT2D eigenvalue weighted by molar-refractivity contribution is 9.10. The van der Waals surface area contributed by atoms with Gasteiger partial charge in [-0.25, -0.2) is 14.8 Å². The van der Waals surface area contributed by atoms with Crippen LogP contribution < -0.4 is 4.90 Å². The number of carboxylic acid groups (broad SMARTS) is 1. The number of thiophene rings is 1. The van der Waals surface area contributed by atoms with E-state index in [1.54, 1.807) is 18.3 Å². The van der Waals surface area contributed by atoms with E-state index >= 15 is 0 Å². The van der Waals surface area contributed by atoms with Gasteiger partial charge in [-0.3, -0.25) is 0 Å². The van der Waals surface area contributed by atoms with E-state index in [9.17, 15) is 4.79 Å². The number of rotatable bonds is 4. The zero-order chi connectivity index (χ0) is 14.0. The van der Waals surface area contributed by atoms with Gasteiger partial charge >= 0.3 is 5.97 Å². The van der Waals surface area contributed by atoms with Crippen LogP contribution in [0, 0.1) is 6.92 Å². The molecular formula is C12H12BrN3O2S. The van der Waals surface area contributed by atoms with Crippen LogP contribution in [0.4, 0.5) is 5.95 Å². The molecule has 0 bridgehead atoms. The first-order chi connectivity index (χ1) is 8.95. The molecule has 0 saturated carbocycles. The summed E-state index contributed by atoms with van der Waals surface area (Å²) in [4.78, 5) is 22.3. The standard InChI is InChI=1S/C12H12BrN3O2S/c1-7-3-10(11(17)18)15-12(14-7)16(2)5-9-4-8(13)6-19-9/h3-4,6H,5H2,1-2H3,(H,17,18). The quantitative estimate of drug-likeness (QED) is 0.925. The maximum atomic E-state index is 11.0. The third kappa shape index (κ3) is 3.51. The number of nitrogens with zero attached hydrogens (tertiary/aromatic N) is 3. The van der Waals surface area contributed by atoms with Crippen molar-refractivity contribution in [3.05, 3.63) is 38.3 Å². The van der Waals surface area contributed by atoms with E-state index in [-0.39, 0.29) is 5.69 Å². The van der Waals surface area contributed by atoms with Crippen molar-refractivity contribution < 1.29 is 9.90 Å². The minimum absolute atomic E-state index is 0.0155. The third-order valence-corrected chi connectivity index (χ3v) is 4.10. The lowest BCUT2D eigenvalue weighted by atomic mass is 10.3. The van der Waals surface area contributed by atoms with Crippen molar-refractivity contribution >= 4 is 39.2 Å². The Morgan fingerprint density at radius 1 is 1.47 bits per heavy atom. The molecule has 0 radical (unpaired) electrons. The van der Waals surface area contributed by atoms with E-state index in [1.165, 1.54) is 6.07 Å². The molecule has 2 aromatic heterocycles. The molecule has 0 unspecified atom stereocenters. The highest BCUT2D eigenvalue weighted by atomic mass is 79.9. The predicted octanol–water partition coefficient (Wildman–Crippen LogP) is 2.94. The van der Waals surface area contributed by atoms with Crippen LogP contribution in [-0.4, -0.2) is 28.1 Å². The summed E-state index contributed by atoms with van der Waals surface area (Å²) in [7, 11) is 1.84. The second-order valence-corrected chi connectivity index (χ2v) is 6.00. The average Bonchev–Trinajstić information content (AvgIpc) is 2.73. The number of carbonyl (C=O) groups is 1. The van der Waals surface area contributed by atoms with Gasteiger partial charge in [-0.1, -0.05) is 0 Å². The largest absolute Gasteiger partial charge is 0.477 e. The van der Waals surface area contributed by atoms with E-state index in [0.29, 0.717) is 18.2 Å². The zero-order valence-corrected chi connectivity index (χ0v) is 12.8. The molecule has 0 spiro atoms. The predicted molar refractivity (Wildman–Crippen MR) is 77.9 cm³/mol. The first kappa shape index (κ1) is 14.0. The molecule has 2 rings (SSSR count). The monoisotopic (exact) mass is 341 g/mol. The van der Waals surface area contributed by atoms with Gasteiger partial charge in [0.15, 0.2) is 5.69 Å². The third-order valence-electron chi connectivity index (χ3n) is 2.42. The molecule has 0 atom stereocenters. The van der Waals surface area contributed by atoms with Crippen molar-refractivity contribution in [2.75, 3.05) is 11.9 Å². The van der Waals surface area contributed by atoms with Gasteiger partial charge in [0.1, 0.15) is 0 Å². The SMILES string of the molecule is Cc1cc(C(=O)O)nc(N(C)Cc2cc(Br)cs2)n1. The molecule has 2 heterocycles.